The Kier molecular flexibility index (Phi) is 5.34. The van der Waals surface area contributed by atoms with Crippen LogP contribution in [0.5, 0.6) is 0 Å². The molecule has 1 amide bonds. The van der Waals surface area contributed by atoms with Crippen LogP contribution in [0.1, 0.15) is 17.8 Å². The lowest BCUT2D eigenvalue weighted by atomic mass is 10.1. The third-order valence-electron chi connectivity index (χ3n) is 4.24. The van der Waals surface area contributed by atoms with Gasteiger partial charge in [0.15, 0.2) is 5.82 Å². The molecule has 1 aromatic heterocycles. The molecule has 3 aromatic rings. The van der Waals surface area contributed by atoms with Gasteiger partial charge in [0.25, 0.3) is 11.8 Å². The summed E-state index contributed by atoms with van der Waals surface area (Å²) in [5.41, 5.74) is 2.13. The van der Waals surface area contributed by atoms with Gasteiger partial charge in [0.1, 0.15) is 11.8 Å². The molecule has 2 aromatic carbocycles. The minimum atomic E-state index is -0.303. The molecule has 0 unspecified atom stereocenters. The Labute approximate surface area is 166 Å². The zero-order valence-electron chi connectivity index (χ0n) is 14.8. The van der Waals surface area contributed by atoms with Crippen LogP contribution in [-0.4, -0.2) is 27.9 Å². The molecule has 0 bridgehead atoms. The number of oxime groups is 1. The molecular weight excluding hydrogens is 380 g/mol. The van der Waals surface area contributed by atoms with E-state index in [0.29, 0.717) is 41.8 Å². The zero-order valence-corrected chi connectivity index (χ0v) is 15.6. The van der Waals surface area contributed by atoms with Crippen molar-refractivity contribution in [3.8, 4) is 11.5 Å². The van der Waals surface area contributed by atoms with Crippen molar-refractivity contribution in [3.63, 3.8) is 0 Å². The van der Waals surface area contributed by atoms with Gasteiger partial charge in [-0.25, -0.2) is 0 Å². The molecule has 0 saturated carbocycles. The maximum Gasteiger partial charge on any atom is 0.269 e. The summed E-state index contributed by atoms with van der Waals surface area (Å²) in [5.74, 6) is 0.637. The molecule has 4 rings (SSSR count). The summed E-state index contributed by atoms with van der Waals surface area (Å²) >= 11 is 5.99. The van der Waals surface area contributed by atoms with E-state index in [1.165, 1.54) is 0 Å². The van der Waals surface area contributed by atoms with Crippen molar-refractivity contribution in [1.29, 1.82) is 0 Å². The Morgan fingerprint density at radius 3 is 2.86 bits per heavy atom. The van der Waals surface area contributed by atoms with Crippen LogP contribution in [-0.2, 0) is 22.6 Å². The SMILES string of the molecule is O=C(NCc1ccccc1)C1=NO[C@@H](Cc2noc(-c3cccc(Cl)c3)n2)C1. The number of benzene rings is 2. The van der Waals surface area contributed by atoms with Gasteiger partial charge >= 0.3 is 0 Å². The van der Waals surface area contributed by atoms with Crippen LogP contribution in [0.4, 0.5) is 0 Å². The van der Waals surface area contributed by atoms with Crippen molar-refractivity contribution in [3.05, 3.63) is 71.0 Å². The van der Waals surface area contributed by atoms with Crippen molar-refractivity contribution >= 4 is 23.2 Å². The molecule has 0 spiro atoms. The minimum absolute atomic E-state index is 0.237. The van der Waals surface area contributed by atoms with Crippen molar-refractivity contribution in [1.82, 2.24) is 15.5 Å². The Balaban J connectivity index is 1.30. The maximum atomic E-state index is 12.3. The van der Waals surface area contributed by atoms with Gasteiger partial charge in [-0.3, -0.25) is 4.79 Å². The van der Waals surface area contributed by atoms with Gasteiger partial charge in [-0.15, -0.1) is 0 Å². The van der Waals surface area contributed by atoms with E-state index in [1.807, 2.05) is 42.5 Å². The highest BCUT2D eigenvalue weighted by Gasteiger charge is 2.27. The van der Waals surface area contributed by atoms with E-state index in [4.69, 9.17) is 21.0 Å². The van der Waals surface area contributed by atoms with E-state index in [0.717, 1.165) is 11.1 Å². The number of carbonyl (C=O) groups is 1. The van der Waals surface area contributed by atoms with Crippen molar-refractivity contribution < 1.29 is 14.2 Å². The van der Waals surface area contributed by atoms with Gasteiger partial charge in [0, 0.05) is 23.6 Å². The number of nitrogens with one attached hydrogen (secondary N) is 1. The number of nitrogens with zero attached hydrogens (tertiary/aromatic N) is 3. The molecule has 28 heavy (non-hydrogen) atoms. The average Bonchev–Trinajstić information content (AvgIpc) is 3.37. The number of rotatable bonds is 6. The lowest BCUT2D eigenvalue weighted by Gasteiger charge is -2.05. The molecule has 0 aliphatic carbocycles. The first-order valence-corrected chi connectivity index (χ1v) is 9.18. The molecule has 1 atom stereocenters. The summed E-state index contributed by atoms with van der Waals surface area (Å²) < 4.78 is 5.29. The van der Waals surface area contributed by atoms with Gasteiger partial charge in [0.05, 0.1) is 6.42 Å². The van der Waals surface area contributed by atoms with E-state index in [2.05, 4.69) is 20.6 Å². The van der Waals surface area contributed by atoms with Gasteiger partial charge in [-0.2, -0.15) is 4.98 Å². The number of hydrogen-bond donors (Lipinski definition) is 1. The molecular formula is C20H17ClN4O3. The lowest BCUT2D eigenvalue weighted by Crippen LogP contribution is -2.30. The van der Waals surface area contributed by atoms with Crippen LogP contribution in [0.25, 0.3) is 11.5 Å². The van der Waals surface area contributed by atoms with Gasteiger partial charge in [0.2, 0.25) is 0 Å². The zero-order chi connectivity index (χ0) is 19.3. The quantitative estimate of drug-likeness (QED) is 0.689. The minimum Gasteiger partial charge on any atom is -0.391 e. The van der Waals surface area contributed by atoms with E-state index >= 15 is 0 Å². The van der Waals surface area contributed by atoms with E-state index in [1.54, 1.807) is 12.1 Å². The third-order valence-corrected chi connectivity index (χ3v) is 4.48. The first kappa shape index (κ1) is 18.2. The summed E-state index contributed by atoms with van der Waals surface area (Å²) in [6.45, 7) is 0.442. The molecule has 1 N–H and O–H groups in total. The first-order valence-electron chi connectivity index (χ1n) is 8.81. The van der Waals surface area contributed by atoms with Crippen LogP contribution < -0.4 is 5.32 Å². The number of halogens is 1. The Hall–Kier alpha value is -3.19. The summed E-state index contributed by atoms with van der Waals surface area (Å²) in [7, 11) is 0. The number of amides is 1. The van der Waals surface area contributed by atoms with Crippen LogP contribution in [0.2, 0.25) is 5.02 Å². The lowest BCUT2D eigenvalue weighted by molar-refractivity contribution is -0.115. The molecule has 8 heteroatoms. The van der Waals surface area contributed by atoms with Gasteiger partial charge in [-0.1, -0.05) is 58.3 Å². The molecule has 142 valence electrons. The molecule has 1 aliphatic rings. The van der Waals surface area contributed by atoms with E-state index in [9.17, 15) is 4.79 Å². The Morgan fingerprint density at radius 1 is 1.18 bits per heavy atom. The molecule has 2 heterocycles. The van der Waals surface area contributed by atoms with Crippen LogP contribution >= 0.6 is 11.6 Å². The Bertz CT molecular complexity index is 1000. The Morgan fingerprint density at radius 2 is 2.04 bits per heavy atom. The summed E-state index contributed by atoms with van der Waals surface area (Å²) in [6, 6.07) is 16.9. The second-order valence-electron chi connectivity index (χ2n) is 6.37. The fourth-order valence-electron chi connectivity index (χ4n) is 2.83. The van der Waals surface area contributed by atoms with Gasteiger partial charge in [-0.05, 0) is 23.8 Å². The van der Waals surface area contributed by atoms with Crippen molar-refractivity contribution in [2.45, 2.75) is 25.5 Å². The monoisotopic (exact) mass is 396 g/mol. The van der Waals surface area contributed by atoms with Crippen molar-refractivity contribution in [2.75, 3.05) is 0 Å². The second kappa shape index (κ2) is 8.22. The smallest absolute Gasteiger partial charge is 0.269 e. The molecule has 0 saturated heterocycles. The molecule has 0 fully saturated rings. The third kappa shape index (κ3) is 4.37. The number of hydrogen-bond acceptors (Lipinski definition) is 6. The van der Waals surface area contributed by atoms with E-state index in [-0.39, 0.29) is 12.0 Å². The largest absolute Gasteiger partial charge is 0.391 e. The second-order valence-corrected chi connectivity index (χ2v) is 6.80. The molecule has 1 aliphatic heterocycles. The molecule has 7 nitrogen and oxygen atoms in total. The summed E-state index contributed by atoms with van der Waals surface area (Å²) in [4.78, 5) is 22.0. The standard InChI is InChI=1S/C20H17ClN4O3/c21-15-8-4-7-14(9-15)20-23-18(25-28-20)11-16-10-17(24-27-16)19(26)22-12-13-5-2-1-3-6-13/h1-9,16H,10-12H2,(H,22,26)/t16-/m1/s1. The van der Waals surface area contributed by atoms with Crippen LogP contribution in [0.15, 0.2) is 64.3 Å². The van der Waals surface area contributed by atoms with Gasteiger partial charge < -0.3 is 14.7 Å². The summed E-state index contributed by atoms with van der Waals surface area (Å²) in [6.07, 6.45) is 0.479. The first-order chi connectivity index (χ1) is 13.7. The van der Waals surface area contributed by atoms with E-state index < -0.39 is 0 Å². The normalized spacial score (nSPS) is 15.8. The topological polar surface area (TPSA) is 89.6 Å². The predicted molar refractivity (Wildman–Crippen MR) is 104 cm³/mol. The van der Waals surface area contributed by atoms with Crippen molar-refractivity contribution in [2.24, 2.45) is 5.16 Å². The summed E-state index contributed by atoms with van der Waals surface area (Å²) in [5, 5.41) is 11.3. The number of carbonyl (C=O) groups excluding carboxylic acids is 1. The maximum absolute atomic E-state index is 12.3. The number of aromatic nitrogens is 2. The predicted octanol–water partition coefficient (Wildman–Crippen LogP) is 3.39. The highest BCUT2D eigenvalue weighted by molar-refractivity contribution is 6.39. The highest BCUT2D eigenvalue weighted by atomic mass is 35.5. The molecule has 0 radical (unpaired) electrons. The van der Waals surface area contributed by atoms with Crippen LogP contribution in [0.3, 0.4) is 0 Å². The average molecular weight is 397 g/mol. The highest BCUT2D eigenvalue weighted by Crippen LogP contribution is 2.22. The fourth-order valence-corrected chi connectivity index (χ4v) is 3.02. The fraction of sp³-hybridized carbons (Fsp3) is 0.200. The van der Waals surface area contributed by atoms with Crippen LogP contribution in [0, 0.1) is 0 Å².